The third-order valence-electron chi connectivity index (χ3n) is 7.93. The summed E-state index contributed by atoms with van der Waals surface area (Å²) in [4.78, 5) is 45.0. The lowest BCUT2D eigenvalue weighted by Crippen LogP contribution is -2.51. The molecule has 4 rings (SSSR count). The van der Waals surface area contributed by atoms with E-state index in [0.717, 1.165) is 12.8 Å². The van der Waals surface area contributed by atoms with E-state index < -0.39 is 12.0 Å². The number of nitrogens with zero attached hydrogens (tertiary/aromatic N) is 9. The first kappa shape index (κ1) is 37.7. The van der Waals surface area contributed by atoms with Gasteiger partial charge in [-0.25, -0.2) is 4.68 Å². The van der Waals surface area contributed by atoms with E-state index in [1.807, 2.05) is 4.90 Å². The summed E-state index contributed by atoms with van der Waals surface area (Å²) in [6.45, 7) is 8.07. The fourth-order valence-electron chi connectivity index (χ4n) is 5.29. The smallest absolute Gasteiger partial charge is 0.303 e. The fraction of sp³-hybridized carbons (Fsp3) is 0.710. The molecule has 2 aliphatic rings. The van der Waals surface area contributed by atoms with E-state index in [1.165, 1.54) is 0 Å². The average Bonchev–Trinajstić information content (AvgIpc) is 3.60. The van der Waals surface area contributed by atoms with Gasteiger partial charge in [-0.3, -0.25) is 9.59 Å². The normalized spacial score (nSPS) is 15.6. The number of piperazine rings is 1. The molecule has 4 N–H and O–H groups in total. The van der Waals surface area contributed by atoms with Crippen LogP contribution in [-0.4, -0.2) is 157 Å². The molecule has 0 unspecified atom stereocenters. The van der Waals surface area contributed by atoms with Gasteiger partial charge in [0.15, 0.2) is 0 Å². The molecule has 2 fully saturated rings. The van der Waals surface area contributed by atoms with Gasteiger partial charge in [0, 0.05) is 58.4 Å². The minimum atomic E-state index is -0.910. The largest absolute Gasteiger partial charge is 0.481 e. The molecule has 1 amide bonds. The number of rotatable bonds is 22. The van der Waals surface area contributed by atoms with Crippen molar-refractivity contribution in [2.24, 2.45) is 5.73 Å². The maximum Gasteiger partial charge on any atom is 0.303 e. The van der Waals surface area contributed by atoms with Gasteiger partial charge in [-0.1, -0.05) is 11.1 Å². The number of aliphatic carboxylic acids is 1. The number of amides is 1. The number of morpholine rings is 1. The Morgan fingerprint density at radius 3 is 2.31 bits per heavy atom. The van der Waals surface area contributed by atoms with E-state index in [9.17, 15) is 9.59 Å². The molecule has 0 saturated carbocycles. The molecule has 0 aliphatic carbocycles. The van der Waals surface area contributed by atoms with Gasteiger partial charge >= 0.3 is 5.97 Å². The van der Waals surface area contributed by atoms with Crippen molar-refractivity contribution in [1.29, 1.82) is 0 Å². The summed E-state index contributed by atoms with van der Waals surface area (Å²) in [5.74, 6) is 2.99. The van der Waals surface area contributed by atoms with E-state index in [0.29, 0.717) is 129 Å². The zero-order chi connectivity index (χ0) is 34.7. The summed E-state index contributed by atoms with van der Waals surface area (Å²) in [5.41, 5.74) is 6.26. The first-order chi connectivity index (χ1) is 24.0. The maximum atomic E-state index is 13.8. The molecular weight excluding hydrogens is 638 g/mol. The molecule has 270 valence electrons. The molecule has 2 aromatic rings. The number of carboxylic acids is 1. The Bertz CT molecular complexity index is 1330. The summed E-state index contributed by atoms with van der Waals surface area (Å²) >= 11 is 0. The number of nitrogens with one attached hydrogen (secondary N) is 1. The number of ether oxygens (including phenoxy) is 4. The Labute approximate surface area is 286 Å². The van der Waals surface area contributed by atoms with Gasteiger partial charge in [-0.2, -0.15) is 15.0 Å². The van der Waals surface area contributed by atoms with Gasteiger partial charge in [0.05, 0.1) is 58.4 Å². The number of carbonyl (C=O) groups excluding carboxylic acids is 1. The molecule has 2 aliphatic heterocycles. The van der Waals surface area contributed by atoms with Crippen molar-refractivity contribution in [3.8, 4) is 12.3 Å². The number of hydrogen-bond donors (Lipinski definition) is 3. The van der Waals surface area contributed by atoms with Crippen molar-refractivity contribution in [3.05, 3.63) is 11.9 Å². The minimum Gasteiger partial charge on any atom is -0.481 e. The number of aryl methyl sites for hydroxylation is 1. The van der Waals surface area contributed by atoms with Crippen LogP contribution >= 0.6 is 0 Å². The van der Waals surface area contributed by atoms with Crippen LogP contribution in [0.25, 0.3) is 0 Å². The van der Waals surface area contributed by atoms with Crippen molar-refractivity contribution in [2.75, 3.05) is 120 Å². The molecule has 2 saturated heterocycles. The van der Waals surface area contributed by atoms with Crippen LogP contribution < -0.4 is 20.9 Å². The van der Waals surface area contributed by atoms with Crippen molar-refractivity contribution in [2.45, 2.75) is 38.1 Å². The quantitative estimate of drug-likeness (QED) is 0.105. The lowest BCUT2D eigenvalue weighted by Gasteiger charge is -2.36. The molecule has 2 aromatic heterocycles. The van der Waals surface area contributed by atoms with Crippen molar-refractivity contribution in [3.63, 3.8) is 0 Å². The van der Waals surface area contributed by atoms with Gasteiger partial charge in [-0.05, 0) is 25.8 Å². The molecule has 0 radical (unpaired) electrons. The highest BCUT2D eigenvalue weighted by Gasteiger charge is 2.31. The van der Waals surface area contributed by atoms with Crippen LogP contribution in [0, 0.1) is 12.3 Å². The highest BCUT2D eigenvalue weighted by molar-refractivity contribution is 5.80. The number of aromatic nitrogens is 6. The summed E-state index contributed by atoms with van der Waals surface area (Å²) in [7, 11) is 0. The number of terminal acetylenes is 1. The van der Waals surface area contributed by atoms with Crippen LogP contribution in [0.4, 0.5) is 17.8 Å². The zero-order valence-corrected chi connectivity index (χ0v) is 28.1. The van der Waals surface area contributed by atoms with Crippen LogP contribution in [-0.2, 0) is 35.0 Å². The Hall–Kier alpha value is -4.15. The Morgan fingerprint density at radius 1 is 0.959 bits per heavy atom. The van der Waals surface area contributed by atoms with Gasteiger partial charge in [-0.15, -0.1) is 11.5 Å². The van der Waals surface area contributed by atoms with Crippen molar-refractivity contribution < 1.29 is 33.6 Å². The third-order valence-corrected chi connectivity index (χ3v) is 7.93. The molecular formula is C31H49N11O7. The van der Waals surface area contributed by atoms with Crippen LogP contribution in [0.3, 0.4) is 0 Å². The number of carbonyl (C=O) groups is 2. The minimum absolute atomic E-state index is 0.0528. The number of anilines is 3. The van der Waals surface area contributed by atoms with E-state index in [1.54, 1.807) is 10.9 Å². The highest BCUT2D eigenvalue weighted by atomic mass is 16.5. The van der Waals surface area contributed by atoms with Crippen LogP contribution in [0.2, 0.25) is 0 Å². The fourth-order valence-corrected chi connectivity index (χ4v) is 5.29. The second kappa shape index (κ2) is 21.0. The van der Waals surface area contributed by atoms with E-state index in [-0.39, 0.29) is 25.4 Å². The van der Waals surface area contributed by atoms with E-state index in [2.05, 4.69) is 36.3 Å². The molecule has 4 heterocycles. The standard InChI is InChI=1S/C31H49N11O7/c1-2-16-46-20-22-49-23-21-47-17-9-33-29-34-30(36-31(35-29)41-14-18-48-19-15-41)40-12-10-39(11-13-40)28(45)26(5-3-4-8-32)42-24-25(37-38-42)6-7-27(43)44/h1,24,26H,3-23,32H2,(H,43,44)(H,33,34,35,36)/t26-/m0/s1. The molecule has 1 atom stereocenters. The Kier molecular flexibility index (Phi) is 16.2. The number of hydrogen-bond acceptors (Lipinski definition) is 15. The Morgan fingerprint density at radius 2 is 1.63 bits per heavy atom. The lowest BCUT2D eigenvalue weighted by atomic mass is 10.1. The first-order valence-electron chi connectivity index (χ1n) is 16.8. The summed E-state index contributed by atoms with van der Waals surface area (Å²) in [6, 6.07) is -0.549. The number of nitrogens with two attached hydrogens (primary N) is 1. The molecule has 0 aromatic carbocycles. The van der Waals surface area contributed by atoms with Gasteiger partial charge in [0.2, 0.25) is 23.8 Å². The lowest BCUT2D eigenvalue weighted by molar-refractivity contribution is -0.137. The summed E-state index contributed by atoms with van der Waals surface area (Å²) in [5, 5.41) is 20.6. The van der Waals surface area contributed by atoms with Crippen molar-refractivity contribution >= 4 is 29.7 Å². The summed E-state index contributed by atoms with van der Waals surface area (Å²) < 4.78 is 23.4. The summed E-state index contributed by atoms with van der Waals surface area (Å²) in [6.07, 6.45) is 9.11. The zero-order valence-electron chi connectivity index (χ0n) is 28.1. The number of carboxylic acid groups (broad SMARTS) is 1. The second-order valence-corrected chi connectivity index (χ2v) is 11.5. The first-order valence-corrected chi connectivity index (χ1v) is 16.8. The molecule has 49 heavy (non-hydrogen) atoms. The maximum absolute atomic E-state index is 13.8. The third kappa shape index (κ3) is 12.7. The van der Waals surface area contributed by atoms with Gasteiger partial charge in [0.25, 0.3) is 0 Å². The van der Waals surface area contributed by atoms with Crippen LogP contribution in [0.15, 0.2) is 6.20 Å². The van der Waals surface area contributed by atoms with E-state index >= 15 is 0 Å². The van der Waals surface area contributed by atoms with Crippen LogP contribution in [0.1, 0.15) is 37.4 Å². The predicted octanol–water partition coefficient (Wildman–Crippen LogP) is -0.569. The van der Waals surface area contributed by atoms with Gasteiger partial charge in [0.1, 0.15) is 12.6 Å². The Balaban J connectivity index is 1.33. The number of unbranched alkanes of at least 4 members (excludes halogenated alkanes) is 1. The predicted molar refractivity (Wildman–Crippen MR) is 179 cm³/mol. The SMILES string of the molecule is C#CCOCCOCCOCCNc1nc(N2CCOCC2)nc(N2CCN(C(=O)[C@H](CCCCN)n3cc(CCC(=O)O)nn3)CC2)n1. The van der Waals surface area contributed by atoms with Crippen LogP contribution in [0.5, 0.6) is 0 Å². The molecule has 0 spiro atoms. The molecule has 0 bridgehead atoms. The molecule has 18 nitrogen and oxygen atoms in total. The van der Waals surface area contributed by atoms with Gasteiger partial charge < -0.3 is 49.8 Å². The average molecular weight is 688 g/mol. The van der Waals surface area contributed by atoms with E-state index in [4.69, 9.17) is 46.2 Å². The van der Waals surface area contributed by atoms with Crippen molar-refractivity contribution in [1.82, 2.24) is 34.8 Å². The molecule has 18 heteroatoms. The highest BCUT2D eigenvalue weighted by Crippen LogP contribution is 2.22. The second-order valence-electron chi connectivity index (χ2n) is 11.5. The topological polar surface area (TPSA) is 208 Å². The monoisotopic (exact) mass is 687 g/mol.